The molecule has 6 nitrogen and oxygen atoms in total. The molecule has 124 valence electrons. The van der Waals surface area contributed by atoms with E-state index < -0.39 is 10.8 Å². The first kappa shape index (κ1) is 17.2. The van der Waals surface area contributed by atoms with Gasteiger partial charge in [0.15, 0.2) is 0 Å². The molecule has 1 heterocycles. The van der Waals surface area contributed by atoms with Crippen molar-refractivity contribution in [3.8, 4) is 5.69 Å². The molecule has 2 aromatic rings. The minimum absolute atomic E-state index is 0.269. The first-order chi connectivity index (χ1) is 10.9. The second-order valence-corrected chi connectivity index (χ2v) is 8.38. The molecule has 0 saturated heterocycles. The summed E-state index contributed by atoms with van der Waals surface area (Å²) in [6.07, 6.45) is 3.32. The summed E-state index contributed by atoms with van der Waals surface area (Å²) in [5.74, 6) is 0.431. The van der Waals surface area contributed by atoms with Gasteiger partial charge in [0.2, 0.25) is 0 Å². The maximum absolute atomic E-state index is 11.9. The summed E-state index contributed by atoms with van der Waals surface area (Å²) in [4.78, 5) is 11.8. The van der Waals surface area contributed by atoms with Crippen LogP contribution >= 0.6 is 0 Å². The van der Waals surface area contributed by atoms with Gasteiger partial charge in [-0.25, -0.2) is 9.48 Å². The van der Waals surface area contributed by atoms with Crippen LogP contribution in [0.15, 0.2) is 42.7 Å². The van der Waals surface area contributed by atoms with E-state index in [0.29, 0.717) is 18.0 Å². The van der Waals surface area contributed by atoms with E-state index >= 15 is 0 Å². The topological polar surface area (TPSA) is 76.0 Å². The van der Waals surface area contributed by atoms with Crippen LogP contribution in [0, 0.1) is 0 Å². The van der Waals surface area contributed by atoms with E-state index in [0.717, 1.165) is 5.69 Å². The standard InChI is InChI=1S/C16H22N4O2S/c1-16(2,3)23(22)10-9-17-15(21)19-13-11-18-20(12-13)14-7-5-4-6-8-14/h4-8,11-12H,9-10H2,1-3H3,(H2,17,19,21). The summed E-state index contributed by atoms with van der Waals surface area (Å²) in [7, 11) is -0.980. The first-order valence-electron chi connectivity index (χ1n) is 7.40. The summed E-state index contributed by atoms with van der Waals surface area (Å²) in [6, 6.07) is 9.31. The molecule has 2 rings (SSSR count). The molecule has 0 aliphatic heterocycles. The van der Waals surface area contributed by atoms with Gasteiger partial charge in [-0.15, -0.1) is 0 Å². The Morgan fingerprint density at radius 3 is 2.61 bits per heavy atom. The molecule has 23 heavy (non-hydrogen) atoms. The lowest BCUT2D eigenvalue weighted by Crippen LogP contribution is -2.34. The number of carbonyl (C=O) groups excluding carboxylic acids is 1. The van der Waals surface area contributed by atoms with Crippen LogP contribution in [0.1, 0.15) is 20.8 Å². The van der Waals surface area contributed by atoms with Gasteiger partial charge in [-0.05, 0) is 32.9 Å². The van der Waals surface area contributed by atoms with Crippen molar-refractivity contribution in [3.63, 3.8) is 0 Å². The van der Waals surface area contributed by atoms with Gasteiger partial charge in [-0.1, -0.05) is 18.2 Å². The SMILES string of the molecule is CC(C)(C)S(=O)CCNC(=O)Nc1cnn(-c2ccccc2)c1. The average Bonchev–Trinajstić information content (AvgIpc) is 2.95. The maximum Gasteiger partial charge on any atom is 0.319 e. The second-order valence-electron chi connectivity index (χ2n) is 6.05. The molecule has 0 fully saturated rings. The Bertz CT molecular complexity index is 677. The van der Waals surface area contributed by atoms with E-state index in [1.165, 1.54) is 0 Å². The van der Waals surface area contributed by atoms with E-state index in [9.17, 15) is 9.00 Å². The van der Waals surface area contributed by atoms with Gasteiger partial charge < -0.3 is 10.6 Å². The molecule has 2 amide bonds. The van der Waals surface area contributed by atoms with Crippen LogP contribution in [0.4, 0.5) is 10.5 Å². The highest BCUT2D eigenvalue weighted by molar-refractivity contribution is 7.86. The molecule has 1 unspecified atom stereocenters. The van der Waals surface area contributed by atoms with Crippen molar-refractivity contribution in [3.05, 3.63) is 42.7 Å². The summed E-state index contributed by atoms with van der Waals surface area (Å²) < 4.78 is 13.3. The average molecular weight is 334 g/mol. The van der Waals surface area contributed by atoms with Crippen LogP contribution in [0.5, 0.6) is 0 Å². The molecule has 0 aliphatic rings. The fourth-order valence-electron chi connectivity index (χ4n) is 1.85. The van der Waals surface area contributed by atoms with Crippen molar-refractivity contribution in [2.24, 2.45) is 0 Å². The van der Waals surface area contributed by atoms with E-state index in [1.807, 2.05) is 51.1 Å². The number of nitrogens with zero attached hydrogens (tertiary/aromatic N) is 2. The van der Waals surface area contributed by atoms with Crippen molar-refractivity contribution in [1.29, 1.82) is 0 Å². The largest absolute Gasteiger partial charge is 0.337 e. The zero-order valence-corrected chi connectivity index (χ0v) is 14.4. The Balaban J connectivity index is 1.82. The third-order valence-electron chi connectivity index (χ3n) is 3.12. The van der Waals surface area contributed by atoms with Crippen molar-refractivity contribution in [2.45, 2.75) is 25.5 Å². The smallest absolute Gasteiger partial charge is 0.319 e. The van der Waals surface area contributed by atoms with Crippen molar-refractivity contribution >= 4 is 22.5 Å². The summed E-state index contributed by atoms with van der Waals surface area (Å²) in [5.41, 5.74) is 1.52. The van der Waals surface area contributed by atoms with Gasteiger partial charge >= 0.3 is 6.03 Å². The summed E-state index contributed by atoms with van der Waals surface area (Å²) in [6.45, 7) is 6.12. The van der Waals surface area contributed by atoms with Crippen LogP contribution in [-0.4, -0.2) is 37.1 Å². The highest BCUT2D eigenvalue weighted by Crippen LogP contribution is 2.12. The Hall–Kier alpha value is -2.15. The normalized spacial score (nSPS) is 12.7. The van der Waals surface area contributed by atoms with Crippen molar-refractivity contribution in [2.75, 3.05) is 17.6 Å². The molecular weight excluding hydrogens is 312 g/mol. The third kappa shape index (κ3) is 5.21. The summed E-state index contributed by atoms with van der Waals surface area (Å²) >= 11 is 0. The summed E-state index contributed by atoms with van der Waals surface area (Å²) in [5, 5.41) is 9.62. The number of benzene rings is 1. The van der Waals surface area contributed by atoms with Crippen LogP contribution in [0.2, 0.25) is 0 Å². The van der Waals surface area contributed by atoms with Gasteiger partial charge in [-0.2, -0.15) is 5.10 Å². The lowest BCUT2D eigenvalue weighted by atomic mass is 10.3. The molecular formula is C16H22N4O2S. The van der Waals surface area contributed by atoms with E-state index in [-0.39, 0.29) is 10.8 Å². The molecule has 7 heteroatoms. The van der Waals surface area contributed by atoms with Crippen molar-refractivity contribution < 1.29 is 9.00 Å². The number of carbonyl (C=O) groups is 1. The molecule has 2 N–H and O–H groups in total. The zero-order chi connectivity index (χ0) is 16.9. The number of aromatic nitrogens is 2. The van der Waals surface area contributed by atoms with Crippen molar-refractivity contribution in [1.82, 2.24) is 15.1 Å². The predicted octanol–water partition coefficient (Wildman–Crippen LogP) is 2.54. The van der Waals surface area contributed by atoms with Gasteiger partial charge in [0.1, 0.15) is 0 Å². The van der Waals surface area contributed by atoms with Gasteiger partial charge in [-0.3, -0.25) is 4.21 Å². The molecule has 1 aromatic heterocycles. The molecule has 0 spiro atoms. The Labute approximate surface area is 138 Å². The van der Waals surface area contributed by atoms with Crippen LogP contribution in [0.25, 0.3) is 5.69 Å². The van der Waals surface area contributed by atoms with Crippen LogP contribution < -0.4 is 10.6 Å². The second kappa shape index (κ2) is 7.41. The minimum atomic E-state index is -0.980. The molecule has 0 radical (unpaired) electrons. The number of hydrogen-bond acceptors (Lipinski definition) is 3. The fraction of sp³-hybridized carbons (Fsp3) is 0.375. The zero-order valence-electron chi connectivity index (χ0n) is 13.6. The van der Waals surface area contributed by atoms with Crippen LogP contribution in [0.3, 0.4) is 0 Å². The van der Waals surface area contributed by atoms with E-state index in [1.54, 1.807) is 17.1 Å². The quantitative estimate of drug-likeness (QED) is 0.882. The Morgan fingerprint density at radius 2 is 1.96 bits per heavy atom. The number of para-hydroxylation sites is 1. The molecule has 1 aromatic carbocycles. The van der Waals surface area contributed by atoms with Gasteiger partial charge in [0, 0.05) is 27.8 Å². The highest BCUT2D eigenvalue weighted by Gasteiger charge is 2.18. The lowest BCUT2D eigenvalue weighted by molar-refractivity contribution is 0.252. The lowest BCUT2D eigenvalue weighted by Gasteiger charge is -2.17. The van der Waals surface area contributed by atoms with Gasteiger partial charge in [0.05, 0.1) is 23.8 Å². The molecule has 1 atom stereocenters. The minimum Gasteiger partial charge on any atom is -0.337 e. The number of hydrogen-bond donors (Lipinski definition) is 2. The number of rotatable bonds is 5. The Kier molecular flexibility index (Phi) is 5.54. The first-order valence-corrected chi connectivity index (χ1v) is 8.71. The maximum atomic E-state index is 11.9. The number of anilines is 1. The van der Waals surface area contributed by atoms with Crippen LogP contribution in [-0.2, 0) is 10.8 Å². The third-order valence-corrected chi connectivity index (χ3v) is 5.06. The van der Waals surface area contributed by atoms with E-state index in [2.05, 4.69) is 15.7 Å². The van der Waals surface area contributed by atoms with Gasteiger partial charge in [0.25, 0.3) is 0 Å². The number of urea groups is 1. The number of amides is 2. The molecule has 0 saturated carbocycles. The predicted molar refractivity (Wildman–Crippen MR) is 93.3 cm³/mol. The van der Waals surface area contributed by atoms with E-state index in [4.69, 9.17) is 0 Å². The molecule has 0 aliphatic carbocycles. The Morgan fingerprint density at radius 1 is 1.26 bits per heavy atom. The fourth-order valence-corrected chi connectivity index (χ4v) is 2.75. The highest BCUT2D eigenvalue weighted by atomic mass is 32.2. The monoisotopic (exact) mass is 334 g/mol. The molecule has 0 bridgehead atoms. The number of nitrogens with one attached hydrogen (secondary N) is 2.